The molecule has 0 aliphatic rings. The van der Waals surface area contributed by atoms with Crippen LogP contribution in [0.3, 0.4) is 0 Å². The number of halogens is 1. The second-order valence-electron chi connectivity index (χ2n) is 6.55. The zero-order chi connectivity index (χ0) is 18.9. The number of benzene rings is 2. The summed E-state index contributed by atoms with van der Waals surface area (Å²) in [4.78, 5) is 0. The quantitative estimate of drug-likeness (QED) is 0.652. The molecule has 0 saturated heterocycles. The Hall–Kier alpha value is -1.82. The molecule has 0 aliphatic heterocycles. The van der Waals surface area contributed by atoms with Gasteiger partial charge in [0.1, 0.15) is 11.0 Å². The van der Waals surface area contributed by atoms with Crippen molar-refractivity contribution in [3.63, 3.8) is 0 Å². The summed E-state index contributed by atoms with van der Waals surface area (Å²) in [5.41, 5.74) is 9.15. The summed E-state index contributed by atoms with van der Waals surface area (Å²) in [5, 5.41) is 1.73. The van der Waals surface area contributed by atoms with Crippen molar-refractivity contribution < 1.29 is 4.21 Å². The number of rotatable bonds is 6. The van der Waals surface area contributed by atoms with Gasteiger partial charge in [-0.1, -0.05) is 36.7 Å². The van der Waals surface area contributed by atoms with E-state index in [1.54, 1.807) is 6.26 Å². The highest BCUT2D eigenvalue weighted by Crippen LogP contribution is 2.38. The highest BCUT2D eigenvalue weighted by Gasteiger charge is 2.37. The van der Waals surface area contributed by atoms with Gasteiger partial charge in [-0.3, -0.25) is 0 Å². The summed E-state index contributed by atoms with van der Waals surface area (Å²) in [6, 6.07) is 15.8. The Morgan fingerprint density at radius 1 is 1.23 bits per heavy atom. The molecule has 3 N–H and O–H groups in total. The number of aromatic nitrogens is 1. The Bertz CT molecular complexity index is 936. The summed E-state index contributed by atoms with van der Waals surface area (Å²) in [6.07, 6.45) is 4.52. The lowest BCUT2D eigenvalue weighted by Crippen LogP contribution is -2.48. The standard InChI is InChI=1S/C20H24ClN3OS/c1-4-20(14(2)22,15-8-10-16(21)11-9-15)24-13-12-17-18(23-26(3)25)6-5-7-19(17)24/h5-14,23H,4,22H2,1-3H3. The van der Waals surface area contributed by atoms with Crippen LogP contribution in [-0.4, -0.2) is 21.1 Å². The molecule has 4 nitrogen and oxygen atoms in total. The summed E-state index contributed by atoms with van der Waals surface area (Å²) in [6.45, 7) is 4.18. The molecule has 0 aliphatic carbocycles. The molecule has 0 saturated carbocycles. The number of hydrogen-bond acceptors (Lipinski definition) is 2. The van der Waals surface area contributed by atoms with E-state index in [4.69, 9.17) is 17.3 Å². The number of hydrogen-bond donors (Lipinski definition) is 2. The maximum Gasteiger partial charge on any atom is 0.113 e. The molecular weight excluding hydrogens is 366 g/mol. The number of nitrogens with two attached hydrogens (primary N) is 1. The van der Waals surface area contributed by atoms with E-state index < -0.39 is 16.5 Å². The second kappa shape index (κ2) is 7.43. The SMILES string of the molecule is CCC(c1ccc(Cl)cc1)(C(C)N)n1ccc2c(NS(C)=O)cccc21. The molecule has 1 aromatic heterocycles. The van der Waals surface area contributed by atoms with Crippen LogP contribution in [0.1, 0.15) is 25.8 Å². The van der Waals surface area contributed by atoms with Crippen LogP contribution in [0.4, 0.5) is 5.69 Å². The molecule has 0 fully saturated rings. The van der Waals surface area contributed by atoms with Crippen molar-refractivity contribution in [2.75, 3.05) is 11.0 Å². The number of nitrogens with one attached hydrogen (secondary N) is 1. The third kappa shape index (κ3) is 3.15. The summed E-state index contributed by atoms with van der Waals surface area (Å²) < 4.78 is 16.9. The highest BCUT2D eigenvalue weighted by atomic mass is 35.5. The molecule has 3 rings (SSSR count). The van der Waals surface area contributed by atoms with Gasteiger partial charge >= 0.3 is 0 Å². The second-order valence-corrected chi connectivity index (χ2v) is 8.10. The first-order valence-corrected chi connectivity index (χ1v) is 10.6. The summed E-state index contributed by atoms with van der Waals surface area (Å²) in [5.74, 6) is 0. The van der Waals surface area contributed by atoms with Crippen molar-refractivity contribution in [3.8, 4) is 0 Å². The molecule has 6 heteroatoms. The molecule has 2 aromatic carbocycles. The fraction of sp³-hybridized carbons (Fsp3) is 0.300. The smallest absolute Gasteiger partial charge is 0.113 e. The van der Waals surface area contributed by atoms with Gasteiger partial charge in [-0.25, -0.2) is 4.21 Å². The van der Waals surface area contributed by atoms with E-state index in [9.17, 15) is 4.21 Å². The molecule has 3 aromatic rings. The van der Waals surface area contributed by atoms with Gasteiger partial charge in [-0.2, -0.15) is 0 Å². The topological polar surface area (TPSA) is 60.0 Å². The van der Waals surface area contributed by atoms with Gasteiger partial charge in [-0.05, 0) is 49.2 Å². The minimum absolute atomic E-state index is 0.124. The van der Waals surface area contributed by atoms with Crippen LogP contribution in [0.15, 0.2) is 54.7 Å². The lowest BCUT2D eigenvalue weighted by molar-refractivity contribution is 0.296. The summed E-state index contributed by atoms with van der Waals surface area (Å²) in [7, 11) is -1.13. The van der Waals surface area contributed by atoms with Crippen molar-refractivity contribution in [2.24, 2.45) is 5.73 Å². The lowest BCUT2D eigenvalue weighted by Gasteiger charge is -2.40. The van der Waals surface area contributed by atoms with Crippen LogP contribution in [0.5, 0.6) is 0 Å². The van der Waals surface area contributed by atoms with Crippen molar-refractivity contribution in [1.82, 2.24) is 4.57 Å². The molecule has 0 amide bonds. The largest absolute Gasteiger partial charge is 0.336 e. The monoisotopic (exact) mass is 389 g/mol. The normalized spacial score (nSPS) is 16.2. The maximum absolute atomic E-state index is 11.6. The average molecular weight is 390 g/mol. The van der Waals surface area contributed by atoms with Crippen LogP contribution in [0.25, 0.3) is 10.9 Å². The Morgan fingerprint density at radius 3 is 2.50 bits per heavy atom. The van der Waals surface area contributed by atoms with Crippen molar-refractivity contribution in [3.05, 3.63) is 65.3 Å². The third-order valence-electron chi connectivity index (χ3n) is 5.05. The van der Waals surface area contributed by atoms with Crippen LogP contribution in [0, 0.1) is 0 Å². The molecule has 0 bridgehead atoms. The number of fused-ring (bicyclic) bond motifs is 1. The van der Waals surface area contributed by atoms with Gasteiger partial charge in [0.2, 0.25) is 0 Å². The predicted octanol–water partition coefficient (Wildman–Crippen LogP) is 4.50. The van der Waals surface area contributed by atoms with E-state index in [0.29, 0.717) is 5.02 Å². The van der Waals surface area contributed by atoms with Crippen LogP contribution < -0.4 is 10.5 Å². The molecule has 138 valence electrons. The molecular formula is C20H24ClN3OS. The van der Waals surface area contributed by atoms with E-state index in [1.807, 2.05) is 49.4 Å². The Labute approximate surface area is 161 Å². The molecule has 0 spiro atoms. The number of nitrogens with zero attached hydrogens (tertiary/aromatic N) is 1. The predicted molar refractivity (Wildman–Crippen MR) is 112 cm³/mol. The maximum atomic E-state index is 11.6. The first-order valence-electron chi connectivity index (χ1n) is 8.62. The van der Waals surface area contributed by atoms with Crippen molar-refractivity contribution in [1.29, 1.82) is 0 Å². The van der Waals surface area contributed by atoms with E-state index in [2.05, 4.69) is 28.5 Å². The van der Waals surface area contributed by atoms with Crippen molar-refractivity contribution >= 4 is 39.2 Å². The van der Waals surface area contributed by atoms with Gasteiger partial charge in [0.05, 0.1) is 16.7 Å². The van der Waals surface area contributed by atoms with Gasteiger partial charge in [0, 0.05) is 28.9 Å². The van der Waals surface area contributed by atoms with Gasteiger partial charge in [0.25, 0.3) is 0 Å². The minimum Gasteiger partial charge on any atom is -0.336 e. The van der Waals surface area contributed by atoms with E-state index >= 15 is 0 Å². The minimum atomic E-state index is -1.13. The molecule has 3 unspecified atom stereocenters. The van der Waals surface area contributed by atoms with Gasteiger partial charge in [0.15, 0.2) is 0 Å². The fourth-order valence-electron chi connectivity index (χ4n) is 3.82. The zero-order valence-electron chi connectivity index (χ0n) is 15.2. The van der Waals surface area contributed by atoms with Gasteiger partial charge < -0.3 is 15.0 Å². The molecule has 26 heavy (non-hydrogen) atoms. The van der Waals surface area contributed by atoms with Crippen LogP contribution >= 0.6 is 11.6 Å². The molecule has 0 radical (unpaired) electrons. The first kappa shape index (κ1) is 19.0. The van der Waals surface area contributed by atoms with E-state index in [1.165, 1.54) is 0 Å². The van der Waals surface area contributed by atoms with Crippen LogP contribution in [0.2, 0.25) is 5.02 Å². The third-order valence-corrected chi connectivity index (χ3v) is 5.81. The number of anilines is 1. The lowest BCUT2D eigenvalue weighted by atomic mass is 9.81. The van der Waals surface area contributed by atoms with E-state index in [0.717, 1.165) is 28.6 Å². The van der Waals surface area contributed by atoms with Crippen molar-refractivity contribution in [2.45, 2.75) is 31.8 Å². The molecule has 3 atom stereocenters. The first-order chi connectivity index (χ1) is 12.4. The summed E-state index contributed by atoms with van der Waals surface area (Å²) >= 11 is 6.10. The Morgan fingerprint density at radius 2 is 1.92 bits per heavy atom. The Kier molecular flexibility index (Phi) is 5.42. The van der Waals surface area contributed by atoms with Crippen LogP contribution in [-0.2, 0) is 16.5 Å². The van der Waals surface area contributed by atoms with Gasteiger partial charge in [-0.15, -0.1) is 0 Å². The fourth-order valence-corrected chi connectivity index (χ4v) is 4.43. The highest BCUT2D eigenvalue weighted by molar-refractivity contribution is 7.85. The average Bonchev–Trinajstić information content (AvgIpc) is 3.02. The van der Waals surface area contributed by atoms with E-state index in [-0.39, 0.29) is 6.04 Å². The zero-order valence-corrected chi connectivity index (χ0v) is 16.8. The molecule has 1 heterocycles. The Balaban J connectivity index is 2.25.